The summed E-state index contributed by atoms with van der Waals surface area (Å²) >= 11 is 1.73. The van der Waals surface area contributed by atoms with E-state index in [-0.39, 0.29) is 35.7 Å². The molecule has 0 unspecified atom stereocenters. The lowest BCUT2D eigenvalue weighted by atomic mass is 10.2. The molecule has 7 nitrogen and oxygen atoms in total. The van der Waals surface area contributed by atoms with Crippen LogP contribution in [0.2, 0.25) is 0 Å². The zero-order chi connectivity index (χ0) is 22.2. The fourth-order valence-electron chi connectivity index (χ4n) is 3.47. The summed E-state index contributed by atoms with van der Waals surface area (Å²) < 4.78 is 13.1. The number of rotatable bonds is 7. The number of aliphatic imine (C=N–C) groups is 1. The minimum absolute atomic E-state index is 0. The van der Waals surface area contributed by atoms with Gasteiger partial charge in [-0.15, -0.1) is 35.3 Å². The minimum Gasteiger partial charge on any atom is -0.368 e. The lowest BCUT2D eigenvalue weighted by Gasteiger charge is -2.36. The second-order valence-electron chi connectivity index (χ2n) is 7.52. The molecule has 10 heteroatoms. The van der Waals surface area contributed by atoms with Crippen LogP contribution in [0.25, 0.3) is 0 Å². The Labute approximate surface area is 210 Å². The largest absolute Gasteiger partial charge is 0.368 e. The van der Waals surface area contributed by atoms with Crippen LogP contribution in [-0.2, 0) is 11.2 Å². The Hall–Kier alpha value is -1.95. The predicted molar refractivity (Wildman–Crippen MR) is 140 cm³/mol. The second-order valence-corrected chi connectivity index (χ2v) is 8.81. The van der Waals surface area contributed by atoms with E-state index in [2.05, 4.69) is 32.4 Å². The summed E-state index contributed by atoms with van der Waals surface area (Å²) in [5.41, 5.74) is 2.09. The molecule has 0 radical (unpaired) electrons. The van der Waals surface area contributed by atoms with Crippen LogP contribution in [0.5, 0.6) is 0 Å². The van der Waals surface area contributed by atoms with Gasteiger partial charge in [-0.05, 0) is 38.1 Å². The maximum atomic E-state index is 13.1. The molecule has 176 valence electrons. The van der Waals surface area contributed by atoms with Gasteiger partial charge < -0.3 is 20.4 Å². The molecule has 0 atom stereocenters. The highest BCUT2D eigenvalue weighted by atomic mass is 127. The van der Waals surface area contributed by atoms with Gasteiger partial charge in [0.15, 0.2) is 5.96 Å². The number of hydrogen-bond acceptors (Lipinski definition) is 5. The number of nitrogens with zero attached hydrogens (tertiary/aromatic N) is 4. The number of benzene rings is 1. The van der Waals surface area contributed by atoms with Crippen molar-refractivity contribution in [1.29, 1.82) is 0 Å². The number of aryl methyl sites for hydroxylation is 2. The summed E-state index contributed by atoms with van der Waals surface area (Å²) in [4.78, 5) is 26.6. The lowest BCUT2D eigenvalue weighted by Crippen LogP contribution is -2.49. The molecular formula is C22H32FIN6OS. The minimum atomic E-state index is -0.233. The summed E-state index contributed by atoms with van der Waals surface area (Å²) in [6.07, 6.45) is 1.26. The lowest BCUT2D eigenvalue weighted by molar-refractivity contribution is -0.131. The number of thiazole rings is 1. The number of amides is 1. The van der Waals surface area contributed by atoms with Gasteiger partial charge in [-0.2, -0.15) is 0 Å². The molecule has 1 saturated heterocycles. The number of piperazine rings is 1. The van der Waals surface area contributed by atoms with Gasteiger partial charge in [-0.25, -0.2) is 9.37 Å². The van der Waals surface area contributed by atoms with Crippen LogP contribution in [0.3, 0.4) is 0 Å². The first-order valence-corrected chi connectivity index (χ1v) is 11.4. The molecule has 1 fully saturated rings. The zero-order valence-electron chi connectivity index (χ0n) is 18.9. The van der Waals surface area contributed by atoms with Crippen molar-refractivity contribution in [3.05, 3.63) is 45.7 Å². The first-order valence-electron chi connectivity index (χ1n) is 10.6. The Bertz CT molecular complexity index is 877. The smallest absolute Gasteiger partial charge is 0.224 e. The van der Waals surface area contributed by atoms with Crippen molar-refractivity contribution in [2.75, 3.05) is 51.2 Å². The maximum Gasteiger partial charge on any atom is 0.224 e. The van der Waals surface area contributed by atoms with Gasteiger partial charge >= 0.3 is 0 Å². The van der Waals surface area contributed by atoms with Crippen molar-refractivity contribution in [3.8, 4) is 0 Å². The van der Waals surface area contributed by atoms with Crippen LogP contribution in [0, 0.1) is 19.7 Å². The molecule has 3 rings (SSSR count). The van der Waals surface area contributed by atoms with Crippen LogP contribution in [0.1, 0.15) is 22.0 Å². The molecular weight excluding hydrogens is 542 g/mol. The van der Waals surface area contributed by atoms with Crippen molar-refractivity contribution < 1.29 is 9.18 Å². The first kappa shape index (κ1) is 26.3. The number of guanidine groups is 1. The Morgan fingerprint density at radius 3 is 2.38 bits per heavy atom. The van der Waals surface area contributed by atoms with Crippen molar-refractivity contribution in [3.63, 3.8) is 0 Å². The number of hydrogen-bond donors (Lipinski definition) is 2. The van der Waals surface area contributed by atoms with Crippen LogP contribution in [0.4, 0.5) is 10.1 Å². The summed E-state index contributed by atoms with van der Waals surface area (Å²) in [6, 6.07) is 6.51. The molecule has 0 saturated carbocycles. The van der Waals surface area contributed by atoms with Crippen LogP contribution in [0.15, 0.2) is 29.3 Å². The molecule has 1 aromatic carbocycles. The molecule has 0 bridgehead atoms. The highest BCUT2D eigenvalue weighted by Crippen LogP contribution is 2.17. The van der Waals surface area contributed by atoms with Gasteiger partial charge in [0.2, 0.25) is 5.91 Å². The SMILES string of the molecule is CN=C(NCCC(=O)N1CCN(c2ccc(F)cc2)CC1)NCCc1nc(C)c(C)s1.I. The number of halogens is 2. The number of anilines is 1. The fraction of sp³-hybridized carbons (Fsp3) is 0.500. The Morgan fingerprint density at radius 1 is 1.12 bits per heavy atom. The van der Waals surface area contributed by atoms with E-state index in [1.54, 1.807) is 30.5 Å². The van der Waals surface area contributed by atoms with E-state index < -0.39 is 0 Å². The number of aromatic nitrogens is 1. The molecule has 1 aliphatic heterocycles. The molecule has 2 heterocycles. The zero-order valence-corrected chi connectivity index (χ0v) is 22.0. The van der Waals surface area contributed by atoms with E-state index in [0.717, 1.165) is 42.4 Å². The predicted octanol–water partition coefficient (Wildman–Crippen LogP) is 2.96. The molecule has 0 aliphatic carbocycles. The summed E-state index contributed by atoms with van der Waals surface area (Å²) in [7, 11) is 1.73. The molecule has 1 amide bonds. The van der Waals surface area contributed by atoms with Gasteiger partial charge in [0.1, 0.15) is 5.82 Å². The molecule has 1 aromatic heterocycles. The summed E-state index contributed by atoms with van der Waals surface area (Å²) in [5, 5.41) is 7.60. The van der Waals surface area contributed by atoms with Crippen molar-refractivity contribution in [1.82, 2.24) is 20.5 Å². The third-order valence-corrected chi connectivity index (χ3v) is 6.52. The number of carbonyl (C=O) groups is 1. The second kappa shape index (κ2) is 12.9. The Morgan fingerprint density at radius 2 is 1.78 bits per heavy atom. The highest BCUT2D eigenvalue weighted by molar-refractivity contribution is 14.0. The maximum absolute atomic E-state index is 13.1. The van der Waals surface area contributed by atoms with Crippen molar-refractivity contribution in [2.45, 2.75) is 26.7 Å². The van der Waals surface area contributed by atoms with E-state index in [4.69, 9.17) is 0 Å². The summed E-state index contributed by atoms with van der Waals surface area (Å²) in [6.45, 7) is 8.25. The summed E-state index contributed by atoms with van der Waals surface area (Å²) in [5.74, 6) is 0.595. The fourth-order valence-corrected chi connectivity index (χ4v) is 4.40. The highest BCUT2D eigenvalue weighted by Gasteiger charge is 2.21. The Kier molecular flexibility index (Phi) is 10.6. The van der Waals surface area contributed by atoms with Gasteiger partial charge in [-0.3, -0.25) is 9.79 Å². The first-order chi connectivity index (χ1) is 15.0. The average Bonchev–Trinajstić information content (AvgIpc) is 3.10. The third-order valence-electron chi connectivity index (χ3n) is 5.38. The third kappa shape index (κ3) is 7.58. The van der Waals surface area contributed by atoms with E-state index in [0.29, 0.717) is 32.0 Å². The van der Waals surface area contributed by atoms with Gasteiger partial charge in [-0.1, -0.05) is 0 Å². The molecule has 32 heavy (non-hydrogen) atoms. The van der Waals surface area contributed by atoms with Crippen LogP contribution < -0.4 is 15.5 Å². The van der Waals surface area contributed by atoms with E-state index >= 15 is 0 Å². The van der Waals surface area contributed by atoms with Gasteiger partial charge in [0.05, 0.1) is 10.7 Å². The monoisotopic (exact) mass is 574 g/mol. The van der Waals surface area contributed by atoms with Crippen LogP contribution >= 0.6 is 35.3 Å². The number of nitrogens with one attached hydrogen (secondary N) is 2. The topological polar surface area (TPSA) is 72.9 Å². The molecule has 0 spiro atoms. The van der Waals surface area contributed by atoms with E-state index in [1.165, 1.54) is 17.0 Å². The van der Waals surface area contributed by atoms with Crippen molar-refractivity contribution >= 4 is 52.9 Å². The van der Waals surface area contributed by atoms with Gasteiger partial charge in [0, 0.05) is 69.7 Å². The van der Waals surface area contributed by atoms with Gasteiger partial charge in [0.25, 0.3) is 0 Å². The Balaban J connectivity index is 0.00000363. The van der Waals surface area contributed by atoms with Crippen molar-refractivity contribution in [2.24, 2.45) is 4.99 Å². The average molecular weight is 575 g/mol. The van der Waals surface area contributed by atoms with E-state index in [9.17, 15) is 9.18 Å². The number of carbonyl (C=O) groups excluding carboxylic acids is 1. The molecule has 2 aromatic rings. The standard InChI is InChI=1S/C22H31FN6OS.HI/c1-16-17(2)31-20(27-16)8-10-25-22(24-3)26-11-9-21(30)29-14-12-28(13-15-29)19-6-4-18(23)5-7-19;/h4-7H,8-15H2,1-3H3,(H2,24,25,26);1H. The normalized spacial score (nSPS) is 14.2. The quantitative estimate of drug-likeness (QED) is 0.303. The molecule has 2 N–H and O–H groups in total. The molecule has 1 aliphatic rings. The van der Waals surface area contributed by atoms with E-state index in [1.807, 2.05) is 11.8 Å². The van der Waals surface area contributed by atoms with Crippen LogP contribution in [-0.4, -0.2) is 68.1 Å².